The number of benzene rings is 4. The summed E-state index contributed by atoms with van der Waals surface area (Å²) in [5.41, 5.74) is 2.31. The van der Waals surface area contributed by atoms with Crippen LogP contribution in [0.2, 0.25) is 0 Å². The van der Waals surface area contributed by atoms with E-state index in [0.29, 0.717) is 6.54 Å². The highest BCUT2D eigenvalue weighted by Gasteiger charge is 2.35. The Bertz CT molecular complexity index is 1650. The molecule has 2 amide bonds. The molecule has 0 aromatic heterocycles. The van der Waals surface area contributed by atoms with Crippen molar-refractivity contribution in [3.05, 3.63) is 132 Å². The smallest absolute Gasteiger partial charge is 0.264 e. The minimum Gasteiger partial charge on any atom is -0.354 e. The van der Waals surface area contributed by atoms with Crippen LogP contribution in [-0.4, -0.2) is 44.3 Å². The molecule has 0 heterocycles. The number of hydrogen-bond acceptors (Lipinski definition) is 4. The minimum atomic E-state index is -4.36. The molecule has 230 valence electrons. The van der Waals surface area contributed by atoms with Gasteiger partial charge in [-0.05, 0) is 54.3 Å². The van der Waals surface area contributed by atoms with E-state index in [1.807, 2.05) is 68.4 Å². The van der Waals surface area contributed by atoms with Crippen LogP contribution in [0.4, 0.5) is 10.1 Å². The van der Waals surface area contributed by atoms with Gasteiger partial charge in [0.1, 0.15) is 18.4 Å². The summed E-state index contributed by atoms with van der Waals surface area (Å²) in [5.74, 6) is -1.77. The van der Waals surface area contributed by atoms with E-state index in [-0.39, 0.29) is 29.5 Å². The average Bonchev–Trinajstić information content (AvgIpc) is 3.03. The third-order valence-corrected chi connectivity index (χ3v) is 9.21. The van der Waals surface area contributed by atoms with Crippen molar-refractivity contribution in [3.8, 4) is 0 Å². The molecule has 44 heavy (non-hydrogen) atoms. The van der Waals surface area contributed by atoms with Crippen molar-refractivity contribution in [2.24, 2.45) is 0 Å². The summed E-state index contributed by atoms with van der Waals surface area (Å²) in [6.45, 7) is 3.72. The molecule has 1 atom stereocenters. The fraction of sp³-hybridized carbons (Fsp3) is 0.257. The summed E-state index contributed by atoms with van der Waals surface area (Å²) < 4.78 is 43.8. The van der Waals surface area contributed by atoms with Crippen molar-refractivity contribution in [2.75, 3.05) is 17.4 Å². The van der Waals surface area contributed by atoms with Gasteiger partial charge in [-0.2, -0.15) is 0 Å². The van der Waals surface area contributed by atoms with Crippen molar-refractivity contribution >= 4 is 27.5 Å². The zero-order chi connectivity index (χ0) is 31.5. The van der Waals surface area contributed by atoms with E-state index in [1.165, 1.54) is 35.2 Å². The maximum absolute atomic E-state index is 15.2. The van der Waals surface area contributed by atoms with Gasteiger partial charge in [-0.3, -0.25) is 13.9 Å². The Morgan fingerprint density at radius 1 is 0.841 bits per heavy atom. The lowest BCUT2D eigenvalue weighted by atomic mass is 10.0. The molecule has 0 saturated heterocycles. The maximum atomic E-state index is 15.2. The molecule has 1 unspecified atom stereocenters. The molecular formula is C35H38FN3O4S. The average molecular weight is 616 g/mol. The number of rotatable bonds is 14. The molecule has 0 saturated carbocycles. The molecule has 9 heteroatoms. The lowest BCUT2D eigenvalue weighted by Gasteiger charge is -2.34. The van der Waals surface area contributed by atoms with Crippen LogP contribution in [0.5, 0.6) is 0 Å². The predicted octanol–water partition coefficient (Wildman–Crippen LogP) is 5.89. The molecule has 4 aromatic carbocycles. The van der Waals surface area contributed by atoms with Gasteiger partial charge in [0, 0.05) is 19.5 Å². The molecule has 4 aromatic rings. The van der Waals surface area contributed by atoms with Crippen molar-refractivity contribution in [3.63, 3.8) is 0 Å². The van der Waals surface area contributed by atoms with E-state index in [4.69, 9.17) is 0 Å². The Hall–Kier alpha value is -4.50. The van der Waals surface area contributed by atoms with E-state index in [0.717, 1.165) is 39.9 Å². The normalized spacial score (nSPS) is 11.9. The quantitative estimate of drug-likeness (QED) is 0.179. The molecule has 0 aliphatic rings. The predicted molar refractivity (Wildman–Crippen MR) is 171 cm³/mol. The summed E-state index contributed by atoms with van der Waals surface area (Å²) in [6.07, 6.45) is 1.86. The summed E-state index contributed by atoms with van der Waals surface area (Å²) in [7, 11) is -4.36. The second kappa shape index (κ2) is 15.3. The highest BCUT2D eigenvalue weighted by molar-refractivity contribution is 7.92. The monoisotopic (exact) mass is 615 g/mol. The third kappa shape index (κ3) is 8.11. The second-order valence-electron chi connectivity index (χ2n) is 10.6. The lowest BCUT2D eigenvalue weighted by molar-refractivity contribution is -0.140. The fourth-order valence-electron chi connectivity index (χ4n) is 4.92. The van der Waals surface area contributed by atoms with Crippen LogP contribution in [0.1, 0.15) is 36.5 Å². The van der Waals surface area contributed by atoms with Gasteiger partial charge >= 0.3 is 0 Å². The molecule has 0 spiro atoms. The number of carbonyl (C=O) groups excluding carboxylic acids is 2. The standard InChI is InChI=1S/C35H38FN3O4S/c1-3-4-23-37-35(41)33(24-28-16-7-5-8-17-28)38(25-29-18-12-11-15-27(29)2)34(40)26-39(32-22-14-13-21-31(32)36)44(42,43)30-19-9-6-10-20-30/h5-22,33H,3-4,23-26H2,1-2H3,(H,37,41). The summed E-state index contributed by atoms with van der Waals surface area (Å²) >= 11 is 0. The number of unbranched alkanes of at least 4 members (excludes halogenated alkanes) is 1. The molecule has 0 fully saturated rings. The number of para-hydroxylation sites is 1. The summed E-state index contributed by atoms with van der Waals surface area (Å²) in [6, 6.07) is 29.0. The molecule has 0 aliphatic heterocycles. The van der Waals surface area contributed by atoms with E-state index >= 15 is 4.39 Å². The molecule has 0 bridgehead atoms. The molecule has 4 rings (SSSR count). The second-order valence-corrected chi connectivity index (χ2v) is 12.4. The largest absolute Gasteiger partial charge is 0.354 e. The highest BCUT2D eigenvalue weighted by Crippen LogP contribution is 2.27. The molecule has 0 radical (unpaired) electrons. The third-order valence-electron chi connectivity index (χ3n) is 7.43. The number of nitrogens with zero attached hydrogens (tertiary/aromatic N) is 2. The molecule has 7 nitrogen and oxygen atoms in total. The van der Waals surface area contributed by atoms with Gasteiger partial charge in [-0.15, -0.1) is 0 Å². The topological polar surface area (TPSA) is 86.8 Å². The minimum absolute atomic E-state index is 0.0563. The van der Waals surface area contributed by atoms with E-state index < -0.39 is 34.3 Å². The Labute approximate surface area is 259 Å². The van der Waals surface area contributed by atoms with Crippen LogP contribution >= 0.6 is 0 Å². The summed E-state index contributed by atoms with van der Waals surface area (Å²) in [5, 5.41) is 2.97. The van der Waals surface area contributed by atoms with Gasteiger partial charge in [0.05, 0.1) is 10.6 Å². The molecular weight excluding hydrogens is 577 g/mol. The number of sulfonamides is 1. The van der Waals surface area contributed by atoms with Gasteiger partial charge in [-0.1, -0.05) is 98.3 Å². The SMILES string of the molecule is CCCCNC(=O)C(Cc1ccccc1)N(Cc1ccccc1C)C(=O)CN(c1ccccc1F)S(=O)(=O)c1ccccc1. The molecule has 1 N–H and O–H groups in total. The van der Waals surface area contributed by atoms with Crippen LogP contribution in [-0.2, 0) is 32.6 Å². The first-order chi connectivity index (χ1) is 21.2. The van der Waals surface area contributed by atoms with Crippen molar-refractivity contribution in [1.82, 2.24) is 10.2 Å². The van der Waals surface area contributed by atoms with Crippen molar-refractivity contribution in [1.29, 1.82) is 0 Å². The zero-order valence-corrected chi connectivity index (χ0v) is 25.8. The van der Waals surface area contributed by atoms with E-state index in [2.05, 4.69) is 5.32 Å². The van der Waals surface area contributed by atoms with Crippen LogP contribution in [0.3, 0.4) is 0 Å². The number of hydrogen-bond donors (Lipinski definition) is 1. The Kier molecular flexibility index (Phi) is 11.3. The Morgan fingerprint density at radius 3 is 2.11 bits per heavy atom. The van der Waals surface area contributed by atoms with Gasteiger partial charge < -0.3 is 10.2 Å². The number of aryl methyl sites for hydroxylation is 1. The van der Waals surface area contributed by atoms with E-state index in [9.17, 15) is 18.0 Å². The van der Waals surface area contributed by atoms with Crippen molar-refractivity contribution < 1.29 is 22.4 Å². The van der Waals surface area contributed by atoms with Gasteiger partial charge in [0.2, 0.25) is 11.8 Å². The fourth-order valence-corrected chi connectivity index (χ4v) is 6.36. The number of anilines is 1. The van der Waals surface area contributed by atoms with Crippen LogP contribution in [0.25, 0.3) is 0 Å². The van der Waals surface area contributed by atoms with Crippen LogP contribution in [0, 0.1) is 12.7 Å². The summed E-state index contributed by atoms with van der Waals surface area (Å²) in [4.78, 5) is 29.5. The lowest BCUT2D eigenvalue weighted by Crippen LogP contribution is -2.53. The first kappa shape index (κ1) is 32.4. The first-order valence-electron chi connectivity index (χ1n) is 14.7. The van der Waals surface area contributed by atoms with Crippen LogP contribution < -0.4 is 9.62 Å². The Morgan fingerprint density at radius 2 is 1.45 bits per heavy atom. The maximum Gasteiger partial charge on any atom is 0.264 e. The van der Waals surface area contributed by atoms with Crippen LogP contribution in [0.15, 0.2) is 114 Å². The Balaban J connectivity index is 1.80. The molecule has 0 aliphatic carbocycles. The van der Waals surface area contributed by atoms with Crippen molar-refractivity contribution in [2.45, 2.75) is 50.6 Å². The highest BCUT2D eigenvalue weighted by atomic mass is 32.2. The number of carbonyl (C=O) groups is 2. The van der Waals surface area contributed by atoms with E-state index in [1.54, 1.807) is 18.2 Å². The number of amides is 2. The first-order valence-corrected chi connectivity index (χ1v) is 16.1. The number of halogens is 1. The van der Waals surface area contributed by atoms with Gasteiger partial charge in [0.25, 0.3) is 10.0 Å². The number of nitrogens with one attached hydrogen (secondary N) is 1. The van der Waals surface area contributed by atoms with Gasteiger partial charge in [-0.25, -0.2) is 12.8 Å². The zero-order valence-electron chi connectivity index (χ0n) is 25.0. The van der Waals surface area contributed by atoms with Gasteiger partial charge in [0.15, 0.2) is 0 Å².